The largest absolute Gasteiger partial charge is 0.496 e. The fraction of sp³-hybridized carbons (Fsp3) is 0.185. The van der Waals surface area contributed by atoms with Gasteiger partial charge in [-0.05, 0) is 30.7 Å². The summed E-state index contributed by atoms with van der Waals surface area (Å²) < 4.78 is 22.3. The summed E-state index contributed by atoms with van der Waals surface area (Å²) in [5, 5.41) is 10.2. The molecular weight excluding hydrogens is 503 g/mol. The van der Waals surface area contributed by atoms with Crippen molar-refractivity contribution in [2.24, 2.45) is 5.73 Å². The number of ether oxygens (including phenoxy) is 4. The van der Waals surface area contributed by atoms with Crippen molar-refractivity contribution in [3.8, 4) is 29.1 Å². The van der Waals surface area contributed by atoms with E-state index in [1.54, 1.807) is 31.4 Å². The summed E-state index contributed by atoms with van der Waals surface area (Å²) >= 11 is 12.5. The van der Waals surface area contributed by atoms with Crippen molar-refractivity contribution in [3.05, 3.63) is 92.8 Å². The lowest BCUT2D eigenvalue weighted by atomic mass is 9.83. The maximum Gasteiger partial charge on any atom is 0.343 e. The van der Waals surface area contributed by atoms with Gasteiger partial charge in [0.1, 0.15) is 28.9 Å². The highest BCUT2D eigenvalue weighted by Crippen LogP contribution is 2.46. The first-order valence-electron chi connectivity index (χ1n) is 11.1. The summed E-state index contributed by atoms with van der Waals surface area (Å²) in [5.41, 5.74) is 7.93. The van der Waals surface area contributed by atoms with Gasteiger partial charge >= 0.3 is 5.97 Å². The highest BCUT2D eigenvalue weighted by atomic mass is 35.5. The lowest BCUT2D eigenvalue weighted by Crippen LogP contribution is -2.21. The van der Waals surface area contributed by atoms with Crippen LogP contribution in [-0.4, -0.2) is 19.7 Å². The lowest BCUT2D eigenvalue weighted by Gasteiger charge is -2.27. The average molecular weight is 525 g/mol. The fourth-order valence-corrected chi connectivity index (χ4v) is 4.51. The van der Waals surface area contributed by atoms with E-state index in [0.29, 0.717) is 29.4 Å². The zero-order chi connectivity index (χ0) is 25.8. The van der Waals surface area contributed by atoms with Crippen LogP contribution in [0.1, 0.15) is 40.7 Å². The van der Waals surface area contributed by atoms with Crippen molar-refractivity contribution in [2.75, 3.05) is 13.7 Å². The molecule has 1 atom stereocenters. The molecule has 0 spiro atoms. The van der Waals surface area contributed by atoms with Gasteiger partial charge in [-0.1, -0.05) is 54.4 Å². The molecule has 3 aromatic carbocycles. The highest BCUT2D eigenvalue weighted by molar-refractivity contribution is 6.37. The summed E-state index contributed by atoms with van der Waals surface area (Å²) in [7, 11) is 1.56. The molecule has 9 heteroatoms. The number of carbonyl (C=O) groups excluding carboxylic acids is 1. The number of halogens is 2. The van der Waals surface area contributed by atoms with Crippen LogP contribution in [0.3, 0.4) is 0 Å². The number of rotatable bonds is 7. The van der Waals surface area contributed by atoms with Crippen LogP contribution in [0.25, 0.3) is 0 Å². The SMILES string of the molecule is CCCOc1c(Cl)cc(C(=O)Oc2ccc3c(c2)OC(N)=C(C#N)C3c2ccccc2OC)cc1Cl. The number of para-hydroxylation sites is 1. The average Bonchev–Trinajstić information content (AvgIpc) is 2.87. The Labute approximate surface area is 218 Å². The first-order valence-corrected chi connectivity index (χ1v) is 11.8. The molecule has 0 saturated carbocycles. The zero-order valence-electron chi connectivity index (χ0n) is 19.5. The van der Waals surface area contributed by atoms with E-state index in [4.69, 9.17) is 47.9 Å². The van der Waals surface area contributed by atoms with Gasteiger partial charge in [0.25, 0.3) is 0 Å². The standard InChI is InChI=1S/C27H22Cl2N2O5/c1-3-10-34-25-20(28)11-15(12-21(25)29)27(32)35-16-8-9-18-23(13-16)36-26(31)19(14-30)24(18)17-6-4-5-7-22(17)33-2/h4-9,11-13,24H,3,10,31H2,1-2H3. The maximum atomic E-state index is 12.8. The van der Waals surface area contributed by atoms with Crippen molar-refractivity contribution in [3.63, 3.8) is 0 Å². The van der Waals surface area contributed by atoms with Crippen molar-refractivity contribution in [2.45, 2.75) is 19.3 Å². The number of methoxy groups -OCH3 is 1. The van der Waals surface area contributed by atoms with Gasteiger partial charge in [0, 0.05) is 17.2 Å². The molecular formula is C27H22Cl2N2O5. The number of benzene rings is 3. The molecule has 36 heavy (non-hydrogen) atoms. The second-order valence-corrected chi connectivity index (χ2v) is 8.69. The van der Waals surface area contributed by atoms with Gasteiger partial charge in [0.2, 0.25) is 5.88 Å². The number of carbonyl (C=O) groups is 1. The molecule has 0 aromatic heterocycles. The third-order valence-corrected chi connectivity index (χ3v) is 6.10. The first kappa shape index (κ1) is 25.2. The Kier molecular flexibility index (Phi) is 7.58. The van der Waals surface area contributed by atoms with Crippen LogP contribution in [0.15, 0.2) is 66.1 Å². The van der Waals surface area contributed by atoms with E-state index in [1.165, 1.54) is 12.1 Å². The molecule has 7 nitrogen and oxygen atoms in total. The molecule has 0 amide bonds. The zero-order valence-corrected chi connectivity index (χ0v) is 21.0. The van der Waals surface area contributed by atoms with Gasteiger partial charge < -0.3 is 24.7 Å². The Morgan fingerprint density at radius 1 is 1.11 bits per heavy atom. The topological polar surface area (TPSA) is 104 Å². The Hall–Kier alpha value is -3.86. The third kappa shape index (κ3) is 4.92. The number of nitrogens with zero attached hydrogens (tertiary/aromatic N) is 1. The summed E-state index contributed by atoms with van der Waals surface area (Å²) in [4.78, 5) is 12.8. The van der Waals surface area contributed by atoms with Gasteiger partial charge in [-0.3, -0.25) is 0 Å². The molecule has 2 N–H and O–H groups in total. The van der Waals surface area contributed by atoms with Crippen LogP contribution >= 0.6 is 23.2 Å². The monoisotopic (exact) mass is 524 g/mol. The predicted molar refractivity (Wildman–Crippen MR) is 136 cm³/mol. The minimum atomic E-state index is -0.667. The summed E-state index contributed by atoms with van der Waals surface area (Å²) in [6, 6.07) is 17.2. The number of nitrogens with two attached hydrogens (primary N) is 1. The van der Waals surface area contributed by atoms with Gasteiger partial charge in [-0.2, -0.15) is 5.26 Å². The molecule has 1 aliphatic rings. The summed E-state index contributed by atoms with van der Waals surface area (Å²) in [6.07, 6.45) is 0.782. The molecule has 184 valence electrons. The smallest absolute Gasteiger partial charge is 0.343 e. The van der Waals surface area contributed by atoms with E-state index >= 15 is 0 Å². The Morgan fingerprint density at radius 3 is 2.50 bits per heavy atom. The lowest BCUT2D eigenvalue weighted by molar-refractivity contribution is 0.0734. The van der Waals surface area contributed by atoms with Crippen molar-refractivity contribution in [1.29, 1.82) is 5.26 Å². The number of fused-ring (bicyclic) bond motifs is 1. The van der Waals surface area contributed by atoms with Crippen LogP contribution in [0.5, 0.6) is 23.0 Å². The van der Waals surface area contributed by atoms with E-state index in [-0.39, 0.29) is 32.8 Å². The number of hydrogen-bond acceptors (Lipinski definition) is 7. The highest BCUT2D eigenvalue weighted by Gasteiger charge is 2.33. The molecule has 0 radical (unpaired) electrons. The molecule has 0 bridgehead atoms. The molecule has 1 unspecified atom stereocenters. The molecule has 1 heterocycles. The number of hydrogen-bond donors (Lipinski definition) is 1. The van der Waals surface area contributed by atoms with Crippen molar-refractivity contribution < 1.29 is 23.7 Å². The minimum absolute atomic E-state index is 0.0365. The second kappa shape index (κ2) is 10.8. The van der Waals surface area contributed by atoms with Crippen LogP contribution in [0, 0.1) is 11.3 Å². The number of esters is 1. The van der Waals surface area contributed by atoms with E-state index < -0.39 is 11.9 Å². The molecule has 4 rings (SSSR count). The Balaban J connectivity index is 1.65. The maximum absolute atomic E-state index is 12.8. The van der Waals surface area contributed by atoms with E-state index in [0.717, 1.165) is 12.0 Å². The quantitative estimate of drug-likeness (QED) is 0.288. The number of nitriles is 1. The Bertz CT molecular complexity index is 1370. The molecule has 0 aliphatic carbocycles. The third-order valence-electron chi connectivity index (χ3n) is 5.54. The van der Waals surface area contributed by atoms with E-state index in [1.807, 2.05) is 25.1 Å². The number of allylic oxidation sites excluding steroid dienone is 1. The molecule has 0 saturated heterocycles. The van der Waals surface area contributed by atoms with Crippen LogP contribution in [0.4, 0.5) is 0 Å². The minimum Gasteiger partial charge on any atom is -0.496 e. The fourth-order valence-electron chi connectivity index (χ4n) is 3.91. The van der Waals surface area contributed by atoms with Gasteiger partial charge in [-0.15, -0.1) is 0 Å². The van der Waals surface area contributed by atoms with Gasteiger partial charge in [0.15, 0.2) is 5.75 Å². The van der Waals surface area contributed by atoms with Crippen LogP contribution in [-0.2, 0) is 0 Å². The normalized spacial score (nSPS) is 14.4. The van der Waals surface area contributed by atoms with Crippen LogP contribution < -0.4 is 24.7 Å². The molecule has 1 aliphatic heterocycles. The van der Waals surface area contributed by atoms with Crippen molar-refractivity contribution in [1.82, 2.24) is 0 Å². The predicted octanol–water partition coefficient (Wildman–Crippen LogP) is 6.23. The van der Waals surface area contributed by atoms with Gasteiger partial charge in [-0.25, -0.2) is 4.79 Å². The summed E-state index contributed by atoms with van der Waals surface area (Å²) in [6.45, 7) is 2.40. The molecule has 3 aromatic rings. The second-order valence-electron chi connectivity index (χ2n) is 7.87. The molecule has 0 fully saturated rings. The Morgan fingerprint density at radius 2 is 1.83 bits per heavy atom. The van der Waals surface area contributed by atoms with Crippen LogP contribution in [0.2, 0.25) is 10.0 Å². The van der Waals surface area contributed by atoms with Gasteiger partial charge in [0.05, 0.1) is 35.2 Å². The summed E-state index contributed by atoms with van der Waals surface area (Å²) in [5.74, 6) is 0.261. The first-order chi connectivity index (χ1) is 17.4. The van der Waals surface area contributed by atoms with E-state index in [2.05, 4.69) is 6.07 Å². The van der Waals surface area contributed by atoms with E-state index in [9.17, 15) is 10.1 Å². The van der Waals surface area contributed by atoms with Crippen molar-refractivity contribution >= 4 is 29.2 Å².